The molecule has 0 amide bonds. The van der Waals surface area contributed by atoms with E-state index in [0.29, 0.717) is 6.04 Å². The zero-order valence-electron chi connectivity index (χ0n) is 12.0. The summed E-state index contributed by atoms with van der Waals surface area (Å²) < 4.78 is 1.26. The lowest BCUT2D eigenvalue weighted by Crippen LogP contribution is -2.36. The first kappa shape index (κ1) is 15.5. The quantitative estimate of drug-likeness (QED) is 0.857. The van der Waals surface area contributed by atoms with Gasteiger partial charge in [0.05, 0.1) is 3.79 Å². The summed E-state index contributed by atoms with van der Waals surface area (Å²) in [5, 5.41) is 3.40. The van der Waals surface area contributed by atoms with E-state index in [4.69, 9.17) is 0 Å². The van der Waals surface area contributed by atoms with Crippen LogP contribution in [0, 0.1) is 5.92 Å². The molecule has 1 aliphatic rings. The van der Waals surface area contributed by atoms with Crippen LogP contribution >= 0.6 is 27.3 Å². The van der Waals surface area contributed by atoms with Gasteiger partial charge in [-0.1, -0.05) is 13.3 Å². The van der Waals surface area contributed by atoms with Crippen molar-refractivity contribution in [3.8, 4) is 0 Å². The van der Waals surface area contributed by atoms with E-state index in [1.54, 1.807) is 0 Å². The fraction of sp³-hybridized carbons (Fsp3) is 0.733. The first-order valence-electron chi connectivity index (χ1n) is 7.40. The highest BCUT2D eigenvalue weighted by Gasteiger charge is 2.31. The van der Waals surface area contributed by atoms with Crippen LogP contribution in [0.5, 0.6) is 0 Å². The number of thiophene rings is 1. The molecule has 0 aromatic carbocycles. The molecule has 2 atom stereocenters. The molecule has 1 aromatic rings. The van der Waals surface area contributed by atoms with Crippen LogP contribution < -0.4 is 5.32 Å². The van der Waals surface area contributed by atoms with Gasteiger partial charge in [0, 0.05) is 10.9 Å². The highest BCUT2D eigenvalue weighted by Crippen LogP contribution is 2.39. The Morgan fingerprint density at radius 2 is 2.26 bits per heavy atom. The van der Waals surface area contributed by atoms with Crippen LogP contribution in [0.3, 0.4) is 0 Å². The largest absolute Gasteiger partial charge is 0.319 e. The molecule has 2 rings (SSSR count). The van der Waals surface area contributed by atoms with Gasteiger partial charge in [-0.15, -0.1) is 11.3 Å². The Labute approximate surface area is 129 Å². The van der Waals surface area contributed by atoms with E-state index in [0.717, 1.165) is 12.5 Å². The van der Waals surface area contributed by atoms with Crippen LogP contribution in [0.1, 0.15) is 43.5 Å². The monoisotopic (exact) mass is 344 g/mol. The van der Waals surface area contributed by atoms with Crippen LogP contribution in [-0.4, -0.2) is 31.6 Å². The molecule has 1 N–H and O–H groups in total. The fourth-order valence-electron chi connectivity index (χ4n) is 3.23. The number of nitrogens with one attached hydrogen (secondary N) is 1. The predicted octanol–water partition coefficient (Wildman–Crippen LogP) is 4.28. The van der Waals surface area contributed by atoms with Gasteiger partial charge in [0.2, 0.25) is 0 Å². The van der Waals surface area contributed by atoms with Crippen LogP contribution in [0.15, 0.2) is 15.9 Å². The van der Waals surface area contributed by atoms with Crippen molar-refractivity contribution in [2.75, 3.05) is 26.7 Å². The van der Waals surface area contributed by atoms with E-state index in [1.165, 1.54) is 47.4 Å². The molecule has 1 saturated heterocycles. The van der Waals surface area contributed by atoms with E-state index >= 15 is 0 Å². The van der Waals surface area contributed by atoms with Gasteiger partial charge in [-0.2, -0.15) is 0 Å². The molecule has 4 heteroatoms. The van der Waals surface area contributed by atoms with E-state index in [-0.39, 0.29) is 0 Å². The normalized spacial score (nSPS) is 25.4. The Bertz CT molecular complexity index is 364. The summed E-state index contributed by atoms with van der Waals surface area (Å²) in [5.41, 5.74) is 0. The Balaban J connectivity index is 2.25. The highest BCUT2D eigenvalue weighted by atomic mass is 79.9. The molecule has 2 unspecified atom stereocenters. The Morgan fingerprint density at radius 3 is 2.89 bits per heavy atom. The van der Waals surface area contributed by atoms with Gasteiger partial charge in [-0.25, -0.2) is 0 Å². The van der Waals surface area contributed by atoms with E-state index in [1.807, 2.05) is 11.3 Å². The van der Waals surface area contributed by atoms with Crippen molar-refractivity contribution < 1.29 is 0 Å². The highest BCUT2D eigenvalue weighted by molar-refractivity contribution is 9.11. The molecule has 2 heterocycles. The Morgan fingerprint density at radius 1 is 1.42 bits per heavy atom. The minimum atomic E-state index is 0.603. The second-order valence-electron chi connectivity index (χ2n) is 5.44. The molecule has 0 bridgehead atoms. The zero-order valence-corrected chi connectivity index (χ0v) is 14.4. The lowest BCUT2D eigenvalue weighted by molar-refractivity contribution is 0.157. The standard InChI is InChI=1S/C15H25BrN2S/c1-3-9-18-10-5-4-6-12(11-17-2)15(18)13-7-8-14(16)19-13/h7-8,12,15,17H,3-6,9-11H2,1-2H3. The van der Waals surface area contributed by atoms with Crippen molar-refractivity contribution in [1.29, 1.82) is 0 Å². The summed E-state index contributed by atoms with van der Waals surface area (Å²) >= 11 is 5.53. The first-order valence-corrected chi connectivity index (χ1v) is 9.01. The zero-order chi connectivity index (χ0) is 13.7. The topological polar surface area (TPSA) is 15.3 Å². The lowest BCUT2D eigenvalue weighted by atomic mass is 9.93. The summed E-state index contributed by atoms with van der Waals surface area (Å²) in [5.74, 6) is 0.740. The average Bonchev–Trinajstić information content (AvgIpc) is 2.71. The van der Waals surface area contributed by atoms with Gasteiger partial charge < -0.3 is 5.32 Å². The van der Waals surface area contributed by atoms with Crippen molar-refractivity contribution in [2.24, 2.45) is 5.92 Å². The maximum Gasteiger partial charge on any atom is 0.0701 e. The number of halogens is 1. The van der Waals surface area contributed by atoms with Crippen molar-refractivity contribution in [1.82, 2.24) is 10.2 Å². The molecule has 0 aliphatic carbocycles. The number of rotatable bonds is 5. The molecular formula is C15H25BrN2S. The molecule has 19 heavy (non-hydrogen) atoms. The minimum absolute atomic E-state index is 0.603. The van der Waals surface area contributed by atoms with E-state index in [9.17, 15) is 0 Å². The lowest BCUT2D eigenvalue weighted by Gasteiger charge is -2.34. The molecule has 0 radical (unpaired) electrons. The minimum Gasteiger partial charge on any atom is -0.319 e. The molecule has 1 aliphatic heterocycles. The number of nitrogens with zero attached hydrogens (tertiary/aromatic N) is 1. The molecule has 108 valence electrons. The summed E-state index contributed by atoms with van der Waals surface area (Å²) in [4.78, 5) is 4.25. The molecule has 0 spiro atoms. The summed E-state index contributed by atoms with van der Waals surface area (Å²) in [6, 6.07) is 5.12. The van der Waals surface area contributed by atoms with Gasteiger partial charge in [0.1, 0.15) is 0 Å². The van der Waals surface area contributed by atoms with Gasteiger partial charge >= 0.3 is 0 Å². The number of likely N-dealkylation sites (tertiary alicyclic amines) is 1. The molecule has 1 aromatic heterocycles. The van der Waals surface area contributed by atoms with E-state index in [2.05, 4.69) is 52.3 Å². The SMILES string of the molecule is CCCN1CCCCC(CNC)C1c1ccc(Br)s1. The Kier molecular flexibility index (Phi) is 6.33. The van der Waals surface area contributed by atoms with E-state index < -0.39 is 0 Å². The second kappa shape index (κ2) is 7.77. The van der Waals surface area contributed by atoms with Gasteiger partial charge in [0.25, 0.3) is 0 Å². The van der Waals surface area contributed by atoms with Crippen LogP contribution in [0.2, 0.25) is 0 Å². The van der Waals surface area contributed by atoms with Crippen molar-refractivity contribution >= 4 is 27.3 Å². The number of hydrogen-bond acceptors (Lipinski definition) is 3. The van der Waals surface area contributed by atoms with Crippen LogP contribution in [-0.2, 0) is 0 Å². The summed E-state index contributed by atoms with van der Waals surface area (Å²) in [7, 11) is 2.08. The molecule has 0 saturated carbocycles. The van der Waals surface area contributed by atoms with Crippen molar-refractivity contribution in [3.63, 3.8) is 0 Å². The molecular weight excluding hydrogens is 320 g/mol. The fourth-order valence-corrected chi connectivity index (χ4v) is 4.88. The van der Waals surface area contributed by atoms with Crippen LogP contribution in [0.25, 0.3) is 0 Å². The predicted molar refractivity (Wildman–Crippen MR) is 87.9 cm³/mol. The summed E-state index contributed by atoms with van der Waals surface area (Å²) in [6.07, 6.45) is 5.31. The van der Waals surface area contributed by atoms with Crippen LogP contribution in [0.4, 0.5) is 0 Å². The maximum atomic E-state index is 3.62. The smallest absolute Gasteiger partial charge is 0.0701 e. The Hall–Kier alpha value is 0.1000. The van der Waals surface area contributed by atoms with Gasteiger partial charge in [-0.3, -0.25) is 4.90 Å². The van der Waals surface area contributed by atoms with Crippen molar-refractivity contribution in [2.45, 2.75) is 38.6 Å². The number of hydrogen-bond donors (Lipinski definition) is 1. The first-order chi connectivity index (χ1) is 9.26. The average molecular weight is 345 g/mol. The maximum absolute atomic E-state index is 3.62. The van der Waals surface area contributed by atoms with Gasteiger partial charge in [-0.05, 0) is 79.9 Å². The third kappa shape index (κ3) is 4.03. The third-order valence-corrected chi connectivity index (χ3v) is 5.67. The molecule has 1 fully saturated rings. The second-order valence-corrected chi connectivity index (χ2v) is 7.93. The van der Waals surface area contributed by atoms with Gasteiger partial charge in [0.15, 0.2) is 0 Å². The molecule has 2 nitrogen and oxygen atoms in total. The van der Waals surface area contributed by atoms with Crippen molar-refractivity contribution in [3.05, 3.63) is 20.8 Å². The summed E-state index contributed by atoms with van der Waals surface area (Å²) in [6.45, 7) is 5.90. The third-order valence-electron chi connectivity index (χ3n) is 3.97.